The van der Waals surface area contributed by atoms with E-state index in [-0.39, 0.29) is 0 Å². The SMILES string of the molecule is CCc1n[nH]c(CN2CCN(Cc3ncccc3C)CC2)n1. The Balaban J connectivity index is 1.49. The molecule has 0 atom stereocenters. The summed E-state index contributed by atoms with van der Waals surface area (Å²) >= 11 is 0. The van der Waals surface area contributed by atoms with Crippen LogP contribution in [0.5, 0.6) is 0 Å². The number of hydrogen-bond donors (Lipinski definition) is 1. The minimum Gasteiger partial charge on any atom is -0.295 e. The van der Waals surface area contributed by atoms with Crippen LogP contribution in [0.4, 0.5) is 0 Å². The van der Waals surface area contributed by atoms with Gasteiger partial charge in [-0.05, 0) is 18.6 Å². The Morgan fingerprint density at radius 3 is 2.50 bits per heavy atom. The van der Waals surface area contributed by atoms with Crippen LogP contribution in [-0.4, -0.2) is 56.1 Å². The van der Waals surface area contributed by atoms with Gasteiger partial charge in [0.1, 0.15) is 11.6 Å². The minimum atomic E-state index is 0.865. The monoisotopic (exact) mass is 300 g/mol. The van der Waals surface area contributed by atoms with Gasteiger partial charge in [-0.1, -0.05) is 13.0 Å². The summed E-state index contributed by atoms with van der Waals surface area (Å²) in [5.74, 6) is 1.88. The highest BCUT2D eigenvalue weighted by atomic mass is 15.3. The number of aromatic nitrogens is 4. The molecule has 1 aliphatic heterocycles. The molecule has 0 spiro atoms. The first kappa shape index (κ1) is 15.1. The van der Waals surface area contributed by atoms with Crippen LogP contribution in [0.3, 0.4) is 0 Å². The molecule has 1 saturated heterocycles. The normalized spacial score (nSPS) is 17.0. The number of nitrogens with one attached hydrogen (secondary N) is 1. The fourth-order valence-electron chi connectivity index (χ4n) is 2.78. The average Bonchev–Trinajstić information content (AvgIpc) is 2.99. The molecule has 2 aromatic rings. The molecular weight excluding hydrogens is 276 g/mol. The van der Waals surface area contributed by atoms with Gasteiger partial charge >= 0.3 is 0 Å². The Hall–Kier alpha value is -1.79. The third-order valence-electron chi connectivity index (χ3n) is 4.22. The third kappa shape index (κ3) is 3.69. The van der Waals surface area contributed by atoms with Crippen molar-refractivity contribution in [1.82, 2.24) is 30.0 Å². The number of pyridine rings is 1. The summed E-state index contributed by atoms with van der Waals surface area (Å²) < 4.78 is 0. The molecule has 2 aromatic heterocycles. The van der Waals surface area contributed by atoms with Crippen molar-refractivity contribution < 1.29 is 0 Å². The first-order chi connectivity index (χ1) is 10.7. The van der Waals surface area contributed by atoms with Crippen LogP contribution >= 0.6 is 0 Å². The van der Waals surface area contributed by atoms with Crippen LogP contribution in [0.25, 0.3) is 0 Å². The average molecular weight is 300 g/mol. The second-order valence-electron chi connectivity index (χ2n) is 5.87. The van der Waals surface area contributed by atoms with E-state index in [0.29, 0.717) is 0 Å². The molecule has 6 nitrogen and oxygen atoms in total. The maximum Gasteiger partial charge on any atom is 0.150 e. The summed E-state index contributed by atoms with van der Waals surface area (Å²) in [5, 5.41) is 7.24. The van der Waals surface area contributed by atoms with E-state index in [4.69, 9.17) is 0 Å². The van der Waals surface area contributed by atoms with Crippen molar-refractivity contribution in [2.75, 3.05) is 26.2 Å². The Bertz CT molecular complexity index is 600. The molecule has 22 heavy (non-hydrogen) atoms. The highest BCUT2D eigenvalue weighted by Gasteiger charge is 2.19. The van der Waals surface area contributed by atoms with E-state index in [1.54, 1.807) is 0 Å². The molecule has 3 rings (SSSR count). The van der Waals surface area contributed by atoms with Crippen molar-refractivity contribution in [2.45, 2.75) is 33.4 Å². The lowest BCUT2D eigenvalue weighted by Crippen LogP contribution is -2.45. The van der Waals surface area contributed by atoms with Crippen LogP contribution in [0.2, 0.25) is 0 Å². The lowest BCUT2D eigenvalue weighted by atomic mass is 10.2. The van der Waals surface area contributed by atoms with Crippen molar-refractivity contribution in [3.8, 4) is 0 Å². The van der Waals surface area contributed by atoms with Crippen LogP contribution in [0, 0.1) is 6.92 Å². The zero-order chi connectivity index (χ0) is 15.4. The van der Waals surface area contributed by atoms with Crippen molar-refractivity contribution in [1.29, 1.82) is 0 Å². The molecule has 3 heterocycles. The molecule has 6 heteroatoms. The van der Waals surface area contributed by atoms with Gasteiger partial charge in [0, 0.05) is 45.3 Å². The quantitative estimate of drug-likeness (QED) is 0.904. The largest absolute Gasteiger partial charge is 0.295 e. The van der Waals surface area contributed by atoms with Gasteiger partial charge in [0.25, 0.3) is 0 Å². The van der Waals surface area contributed by atoms with Gasteiger partial charge in [-0.3, -0.25) is 19.9 Å². The van der Waals surface area contributed by atoms with Gasteiger partial charge in [-0.25, -0.2) is 4.98 Å². The van der Waals surface area contributed by atoms with Crippen LogP contribution in [0.15, 0.2) is 18.3 Å². The zero-order valence-corrected chi connectivity index (χ0v) is 13.4. The predicted octanol–water partition coefficient (Wildman–Crippen LogP) is 1.39. The molecule has 0 unspecified atom stereocenters. The number of aromatic amines is 1. The second-order valence-corrected chi connectivity index (χ2v) is 5.87. The summed E-state index contributed by atoms with van der Waals surface area (Å²) in [6, 6.07) is 4.13. The summed E-state index contributed by atoms with van der Waals surface area (Å²) in [4.78, 5) is 13.9. The smallest absolute Gasteiger partial charge is 0.150 e. The molecule has 1 aliphatic rings. The molecule has 0 saturated carbocycles. The van der Waals surface area contributed by atoms with Gasteiger partial charge in [0.2, 0.25) is 0 Å². The summed E-state index contributed by atoms with van der Waals surface area (Å²) in [5.41, 5.74) is 2.47. The first-order valence-corrected chi connectivity index (χ1v) is 8.00. The Kier molecular flexibility index (Phi) is 4.80. The van der Waals surface area contributed by atoms with Gasteiger partial charge in [-0.2, -0.15) is 5.10 Å². The van der Waals surface area contributed by atoms with Crippen molar-refractivity contribution in [3.05, 3.63) is 41.2 Å². The molecule has 0 bridgehead atoms. The van der Waals surface area contributed by atoms with Crippen LogP contribution in [0.1, 0.15) is 29.8 Å². The van der Waals surface area contributed by atoms with E-state index >= 15 is 0 Å². The number of piperazine rings is 1. The van der Waals surface area contributed by atoms with E-state index in [1.165, 1.54) is 11.3 Å². The molecule has 0 aromatic carbocycles. The van der Waals surface area contributed by atoms with Gasteiger partial charge in [-0.15, -0.1) is 0 Å². The number of nitrogens with zero attached hydrogens (tertiary/aromatic N) is 5. The molecular formula is C16H24N6. The van der Waals surface area contributed by atoms with E-state index in [9.17, 15) is 0 Å². The zero-order valence-electron chi connectivity index (χ0n) is 13.4. The summed E-state index contributed by atoms with van der Waals surface area (Å²) in [6.45, 7) is 10.3. The predicted molar refractivity (Wildman–Crippen MR) is 85.3 cm³/mol. The molecule has 1 fully saturated rings. The summed E-state index contributed by atoms with van der Waals surface area (Å²) in [7, 11) is 0. The number of rotatable bonds is 5. The van der Waals surface area contributed by atoms with E-state index < -0.39 is 0 Å². The highest BCUT2D eigenvalue weighted by Crippen LogP contribution is 2.11. The van der Waals surface area contributed by atoms with Gasteiger partial charge in [0.15, 0.2) is 0 Å². The van der Waals surface area contributed by atoms with Crippen LogP contribution in [-0.2, 0) is 19.5 Å². The maximum absolute atomic E-state index is 4.49. The van der Waals surface area contributed by atoms with E-state index in [2.05, 4.69) is 49.9 Å². The fourth-order valence-corrected chi connectivity index (χ4v) is 2.78. The third-order valence-corrected chi connectivity index (χ3v) is 4.22. The minimum absolute atomic E-state index is 0.865. The maximum atomic E-state index is 4.49. The molecule has 1 N–H and O–H groups in total. The first-order valence-electron chi connectivity index (χ1n) is 8.00. The number of aryl methyl sites for hydroxylation is 2. The molecule has 0 aliphatic carbocycles. The van der Waals surface area contributed by atoms with E-state index in [0.717, 1.165) is 57.3 Å². The van der Waals surface area contributed by atoms with Crippen molar-refractivity contribution in [3.63, 3.8) is 0 Å². The second kappa shape index (κ2) is 6.98. The number of H-pyrrole nitrogens is 1. The Morgan fingerprint density at radius 1 is 1.14 bits per heavy atom. The van der Waals surface area contributed by atoms with Gasteiger partial charge in [0.05, 0.1) is 12.2 Å². The lowest BCUT2D eigenvalue weighted by Gasteiger charge is -2.34. The fraction of sp³-hybridized carbons (Fsp3) is 0.562. The van der Waals surface area contributed by atoms with E-state index in [1.807, 2.05) is 12.3 Å². The lowest BCUT2D eigenvalue weighted by molar-refractivity contribution is 0.119. The molecule has 0 radical (unpaired) electrons. The highest BCUT2D eigenvalue weighted by molar-refractivity contribution is 5.17. The topological polar surface area (TPSA) is 60.9 Å². The molecule has 0 amide bonds. The van der Waals surface area contributed by atoms with Crippen molar-refractivity contribution in [2.24, 2.45) is 0 Å². The van der Waals surface area contributed by atoms with Crippen molar-refractivity contribution >= 4 is 0 Å². The van der Waals surface area contributed by atoms with Crippen LogP contribution < -0.4 is 0 Å². The standard InChI is InChI=1S/C16H24N6/c1-3-15-18-16(20-19-15)12-22-9-7-21(8-10-22)11-14-13(2)5-4-6-17-14/h4-6H,3,7-12H2,1-2H3,(H,18,19,20). The molecule has 118 valence electrons. The number of hydrogen-bond acceptors (Lipinski definition) is 5. The summed E-state index contributed by atoms with van der Waals surface area (Å²) in [6.07, 6.45) is 2.77. The Labute approximate surface area is 131 Å². The Morgan fingerprint density at radius 2 is 1.86 bits per heavy atom. The van der Waals surface area contributed by atoms with Gasteiger partial charge < -0.3 is 0 Å².